The van der Waals surface area contributed by atoms with E-state index >= 15 is 0 Å². The van der Waals surface area contributed by atoms with Gasteiger partial charge in [-0.3, -0.25) is 9.69 Å². The number of ether oxygens (including phenoxy) is 1. The average molecular weight is 283 g/mol. The number of ketones is 1. The van der Waals surface area contributed by atoms with Crippen LogP contribution < -0.4 is 0 Å². The van der Waals surface area contributed by atoms with E-state index in [0.29, 0.717) is 13.2 Å². The fourth-order valence-electron chi connectivity index (χ4n) is 2.51. The molecule has 2 atom stereocenters. The number of rotatable bonds is 4. The highest BCUT2D eigenvalue weighted by Gasteiger charge is 2.28. The maximum Gasteiger partial charge on any atom is 0.182 e. The minimum absolute atomic E-state index is 0.0179. The Morgan fingerprint density at radius 2 is 2.05 bits per heavy atom. The van der Waals surface area contributed by atoms with Gasteiger partial charge in [0.25, 0.3) is 0 Å². The molecule has 0 aliphatic carbocycles. The van der Waals surface area contributed by atoms with Gasteiger partial charge in [0.15, 0.2) is 5.78 Å². The summed E-state index contributed by atoms with van der Waals surface area (Å²) < 4.78 is 32.8. The van der Waals surface area contributed by atoms with Crippen LogP contribution in [0.5, 0.6) is 0 Å². The van der Waals surface area contributed by atoms with Gasteiger partial charge in [0, 0.05) is 12.6 Å². The Bertz CT molecular complexity index is 473. The molecule has 1 aromatic rings. The number of carbonyl (C=O) groups is 1. The van der Waals surface area contributed by atoms with Crippen LogP contribution in [0.2, 0.25) is 0 Å². The molecule has 5 heteroatoms. The van der Waals surface area contributed by atoms with Crippen molar-refractivity contribution < 1.29 is 18.3 Å². The average Bonchev–Trinajstić information content (AvgIpc) is 2.38. The highest BCUT2D eigenvalue weighted by atomic mass is 19.1. The fraction of sp³-hybridized carbons (Fsp3) is 0.533. The third-order valence-electron chi connectivity index (χ3n) is 3.64. The minimum atomic E-state index is -0.802. The molecule has 1 aromatic carbocycles. The van der Waals surface area contributed by atoms with Gasteiger partial charge in [-0.15, -0.1) is 0 Å². The van der Waals surface area contributed by atoms with Crippen molar-refractivity contribution in [2.75, 3.05) is 19.7 Å². The topological polar surface area (TPSA) is 29.5 Å². The third-order valence-corrected chi connectivity index (χ3v) is 3.64. The summed E-state index contributed by atoms with van der Waals surface area (Å²) >= 11 is 0. The van der Waals surface area contributed by atoms with Crippen LogP contribution in [0.3, 0.4) is 0 Å². The number of benzene rings is 1. The molecule has 110 valence electrons. The lowest BCUT2D eigenvalue weighted by Gasteiger charge is -2.37. The van der Waals surface area contributed by atoms with E-state index in [4.69, 9.17) is 4.74 Å². The van der Waals surface area contributed by atoms with Crippen molar-refractivity contribution in [3.05, 3.63) is 35.4 Å². The molecule has 0 radical (unpaired) electrons. The first-order valence-corrected chi connectivity index (χ1v) is 6.85. The Morgan fingerprint density at radius 1 is 1.40 bits per heavy atom. The number of hydrogen-bond acceptors (Lipinski definition) is 3. The summed E-state index contributed by atoms with van der Waals surface area (Å²) in [5.41, 5.74) is -0.443. The molecule has 0 N–H and O–H groups in total. The number of halogens is 2. The Labute approximate surface area is 117 Å². The van der Waals surface area contributed by atoms with Crippen LogP contribution in [0.25, 0.3) is 0 Å². The fourth-order valence-corrected chi connectivity index (χ4v) is 2.51. The van der Waals surface area contributed by atoms with Crippen LogP contribution in [0.4, 0.5) is 8.78 Å². The van der Waals surface area contributed by atoms with Gasteiger partial charge in [-0.05, 0) is 25.5 Å². The van der Waals surface area contributed by atoms with Crippen LogP contribution in [0.15, 0.2) is 18.2 Å². The maximum absolute atomic E-state index is 13.6. The van der Waals surface area contributed by atoms with Gasteiger partial charge in [0.2, 0.25) is 0 Å². The zero-order valence-corrected chi connectivity index (χ0v) is 11.7. The van der Waals surface area contributed by atoms with E-state index in [1.54, 1.807) is 0 Å². The lowest BCUT2D eigenvalue weighted by Crippen LogP contribution is -2.50. The normalized spacial score (nSPS) is 23.8. The van der Waals surface area contributed by atoms with Gasteiger partial charge in [0.1, 0.15) is 11.6 Å². The Hall–Kier alpha value is -1.33. The lowest BCUT2D eigenvalue weighted by molar-refractivity contribution is -0.0523. The highest BCUT2D eigenvalue weighted by Crippen LogP contribution is 2.18. The van der Waals surface area contributed by atoms with Crippen molar-refractivity contribution >= 4 is 5.78 Å². The molecule has 20 heavy (non-hydrogen) atoms. The van der Waals surface area contributed by atoms with Crippen LogP contribution in [-0.4, -0.2) is 42.5 Å². The van der Waals surface area contributed by atoms with E-state index in [0.717, 1.165) is 18.6 Å². The van der Waals surface area contributed by atoms with Gasteiger partial charge in [0.05, 0.1) is 24.8 Å². The number of carbonyl (C=O) groups excluding carboxylic acids is 1. The summed E-state index contributed by atoms with van der Waals surface area (Å²) in [6.07, 6.45) is 0.857. The highest BCUT2D eigenvalue weighted by molar-refractivity contribution is 5.98. The molecule has 1 aliphatic heterocycles. The molecule has 0 aromatic heterocycles. The van der Waals surface area contributed by atoms with E-state index in [-0.39, 0.29) is 18.7 Å². The predicted molar refractivity (Wildman–Crippen MR) is 71.8 cm³/mol. The minimum Gasteiger partial charge on any atom is -0.376 e. The summed E-state index contributed by atoms with van der Waals surface area (Å²) in [5, 5.41) is 0. The SMILES string of the molecule is CCC1COC(C)CN1CC(=O)c1c(F)cccc1F. The quantitative estimate of drug-likeness (QED) is 0.796. The standard InChI is InChI=1S/C15H19F2NO2/c1-3-11-9-20-10(2)7-18(11)8-14(19)15-12(16)5-4-6-13(15)17/h4-6,10-11H,3,7-9H2,1-2H3. The van der Waals surface area contributed by atoms with Crippen LogP contribution in [-0.2, 0) is 4.74 Å². The Morgan fingerprint density at radius 3 is 2.65 bits per heavy atom. The van der Waals surface area contributed by atoms with E-state index in [2.05, 4.69) is 0 Å². The van der Waals surface area contributed by atoms with E-state index in [1.807, 2.05) is 18.7 Å². The number of hydrogen-bond donors (Lipinski definition) is 0. The van der Waals surface area contributed by atoms with Crippen molar-refractivity contribution in [2.24, 2.45) is 0 Å². The number of morpholine rings is 1. The molecule has 3 nitrogen and oxygen atoms in total. The van der Waals surface area contributed by atoms with Crippen molar-refractivity contribution in [3.63, 3.8) is 0 Å². The molecule has 1 heterocycles. The largest absolute Gasteiger partial charge is 0.376 e. The smallest absolute Gasteiger partial charge is 0.182 e. The van der Waals surface area contributed by atoms with Crippen molar-refractivity contribution in [3.8, 4) is 0 Å². The van der Waals surface area contributed by atoms with Gasteiger partial charge >= 0.3 is 0 Å². The zero-order chi connectivity index (χ0) is 14.7. The summed E-state index contributed by atoms with van der Waals surface area (Å²) in [7, 11) is 0. The van der Waals surface area contributed by atoms with E-state index in [9.17, 15) is 13.6 Å². The first-order valence-electron chi connectivity index (χ1n) is 6.85. The third kappa shape index (κ3) is 3.22. The molecule has 2 rings (SSSR count). The maximum atomic E-state index is 13.6. The molecule has 0 saturated carbocycles. The number of Topliss-reactive ketones (excluding diaryl/α,β-unsaturated/α-hetero) is 1. The zero-order valence-electron chi connectivity index (χ0n) is 11.7. The molecule has 1 aliphatic rings. The predicted octanol–water partition coefficient (Wildman–Crippen LogP) is 2.65. The second kappa shape index (κ2) is 6.41. The van der Waals surface area contributed by atoms with Crippen molar-refractivity contribution in [1.82, 2.24) is 4.90 Å². The Balaban J connectivity index is 2.14. The van der Waals surface area contributed by atoms with E-state index in [1.165, 1.54) is 6.07 Å². The van der Waals surface area contributed by atoms with Gasteiger partial charge in [-0.1, -0.05) is 13.0 Å². The van der Waals surface area contributed by atoms with Crippen LogP contribution in [0, 0.1) is 11.6 Å². The molecule has 0 amide bonds. The molecule has 0 spiro atoms. The van der Waals surface area contributed by atoms with Crippen molar-refractivity contribution in [1.29, 1.82) is 0 Å². The molecular formula is C15H19F2NO2. The van der Waals surface area contributed by atoms with Gasteiger partial charge < -0.3 is 4.74 Å². The second-order valence-electron chi connectivity index (χ2n) is 5.16. The van der Waals surface area contributed by atoms with Gasteiger partial charge in [-0.25, -0.2) is 8.78 Å². The summed E-state index contributed by atoms with van der Waals surface area (Å²) in [6.45, 7) is 5.09. The second-order valence-corrected chi connectivity index (χ2v) is 5.16. The molecule has 1 fully saturated rings. The van der Waals surface area contributed by atoms with Crippen LogP contribution in [0.1, 0.15) is 30.6 Å². The van der Waals surface area contributed by atoms with Crippen LogP contribution >= 0.6 is 0 Å². The molecular weight excluding hydrogens is 264 g/mol. The summed E-state index contributed by atoms with van der Waals surface area (Å²) in [4.78, 5) is 14.1. The lowest BCUT2D eigenvalue weighted by atomic mass is 10.1. The molecule has 1 saturated heterocycles. The van der Waals surface area contributed by atoms with Gasteiger partial charge in [-0.2, -0.15) is 0 Å². The van der Waals surface area contributed by atoms with E-state index < -0.39 is 23.0 Å². The molecule has 0 bridgehead atoms. The molecule has 2 unspecified atom stereocenters. The van der Waals surface area contributed by atoms with Crippen molar-refractivity contribution in [2.45, 2.75) is 32.4 Å². The summed E-state index contributed by atoms with van der Waals surface area (Å²) in [5.74, 6) is -2.12. The Kier molecular flexibility index (Phi) is 4.83. The monoisotopic (exact) mass is 283 g/mol. The number of nitrogens with zero attached hydrogens (tertiary/aromatic N) is 1. The first-order chi connectivity index (χ1) is 9.52. The first kappa shape index (κ1) is 15.1. The summed E-state index contributed by atoms with van der Waals surface area (Å²) in [6, 6.07) is 3.59.